The van der Waals surface area contributed by atoms with E-state index in [1.807, 2.05) is 0 Å². The van der Waals surface area contributed by atoms with E-state index in [2.05, 4.69) is 17.6 Å². The summed E-state index contributed by atoms with van der Waals surface area (Å²) in [6.07, 6.45) is 2.66. The van der Waals surface area contributed by atoms with Crippen LogP contribution < -0.4 is 10.6 Å². The summed E-state index contributed by atoms with van der Waals surface area (Å²) in [7, 11) is 0. The Morgan fingerprint density at radius 3 is 2.90 bits per heavy atom. The smallest absolute Gasteiger partial charge is 0.341 e. The maximum Gasteiger partial charge on any atom is 0.341 e. The number of carbonyl (C=O) groups is 2. The number of nitrogens with one attached hydrogen (secondary N) is 2. The first-order valence-corrected chi connectivity index (χ1v) is 8.27. The first kappa shape index (κ1) is 16.0. The first-order chi connectivity index (χ1) is 10.1. The highest BCUT2D eigenvalue weighted by Crippen LogP contribution is 2.34. The molecule has 1 aliphatic rings. The van der Waals surface area contributed by atoms with Gasteiger partial charge in [-0.3, -0.25) is 4.79 Å². The van der Waals surface area contributed by atoms with Crippen molar-refractivity contribution in [1.82, 2.24) is 5.32 Å². The van der Waals surface area contributed by atoms with E-state index in [9.17, 15) is 9.59 Å². The van der Waals surface area contributed by atoms with Crippen molar-refractivity contribution >= 4 is 28.2 Å². The number of amides is 1. The van der Waals surface area contributed by atoms with Gasteiger partial charge in [0.05, 0.1) is 17.6 Å². The van der Waals surface area contributed by atoms with Crippen molar-refractivity contribution < 1.29 is 14.3 Å². The highest BCUT2D eigenvalue weighted by atomic mass is 32.1. The molecule has 1 atom stereocenters. The molecule has 0 aliphatic carbocycles. The number of rotatable bonds is 6. The van der Waals surface area contributed by atoms with Gasteiger partial charge < -0.3 is 15.4 Å². The molecule has 0 spiro atoms. The molecule has 21 heavy (non-hydrogen) atoms. The van der Waals surface area contributed by atoms with Gasteiger partial charge in [0.1, 0.15) is 5.00 Å². The highest BCUT2D eigenvalue weighted by molar-refractivity contribution is 7.14. The van der Waals surface area contributed by atoms with Crippen molar-refractivity contribution in [3.8, 4) is 0 Å². The molecule has 6 heteroatoms. The Morgan fingerprint density at radius 2 is 2.29 bits per heavy atom. The lowest BCUT2D eigenvalue weighted by Crippen LogP contribution is -2.38. The van der Waals surface area contributed by atoms with Gasteiger partial charge in [-0.2, -0.15) is 0 Å². The Kier molecular flexibility index (Phi) is 5.36. The molecule has 2 N–H and O–H groups in total. The summed E-state index contributed by atoms with van der Waals surface area (Å²) < 4.78 is 5.01. The summed E-state index contributed by atoms with van der Waals surface area (Å²) in [5, 5.41) is 8.58. The van der Waals surface area contributed by atoms with Crippen molar-refractivity contribution in [2.45, 2.75) is 33.1 Å². The second kappa shape index (κ2) is 7.04. The molecule has 1 amide bonds. The predicted molar refractivity (Wildman–Crippen MR) is 83.7 cm³/mol. The zero-order chi connectivity index (χ0) is 15.3. The Labute approximate surface area is 129 Å². The van der Waals surface area contributed by atoms with Gasteiger partial charge in [0.25, 0.3) is 0 Å². The van der Waals surface area contributed by atoms with E-state index in [0.29, 0.717) is 23.7 Å². The van der Waals surface area contributed by atoms with Crippen molar-refractivity contribution in [1.29, 1.82) is 0 Å². The van der Waals surface area contributed by atoms with Gasteiger partial charge in [0.2, 0.25) is 5.91 Å². The summed E-state index contributed by atoms with van der Waals surface area (Å²) in [6, 6.07) is 1.69. The molecule has 1 aromatic rings. The minimum absolute atomic E-state index is 0.00217. The van der Waals surface area contributed by atoms with Crippen LogP contribution in [0, 0.1) is 5.41 Å². The lowest BCUT2D eigenvalue weighted by Gasteiger charge is -2.26. The van der Waals surface area contributed by atoms with Crippen LogP contribution in [0.25, 0.3) is 0 Å². The van der Waals surface area contributed by atoms with Gasteiger partial charge in [0, 0.05) is 6.54 Å². The highest BCUT2D eigenvalue weighted by Gasteiger charge is 2.40. The fourth-order valence-electron chi connectivity index (χ4n) is 2.75. The largest absolute Gasteiger partial charge is 0.462 e. The van der Waals surface area contributed by atoms with Crippen LogP contribution in [0.5, 0.6) is 0 Å². The van der Waals surface area contributed by atoms with Crippen LogP contribution in [-0.4, -0.2) is 31.6 Å². The van der Waals surface area contributed by atoms with E-state index >= 15 is 0 Å². The molecule has 1 aliphatic heterocycles. The third-order valence-corrected chi connectivity index (χ3v) is 4.67. The third-order valence-electron chi connectivity index (χ3n) is 3.84. The Balaban J connectivity index is 2.12. The summed E-state index contributed by atoms with van der Waals surface area (Å²) in [6.45, 7) is 5.74. The van der Waals surface area contributed by atoms with Crippen LogP contribution in [0.2, 0.25) is 0 Å². The monoisotopic (exact) mass is 310 g/mol. The molecule has 0 bridgehead atoms. The fraction of sp³-hybridized carbons (Fsp3) is 0.600. The van der Waals surface area contributed by atoms with Gasteiger partial charge in [-0.1, -0.05) is 13.3 Å². The molecular formula is C15H22N2O3S. The predicted octanol–water partition coefficient (Wildman–Crippen LogP) is 2.64. The molecule has 1 unspecified atom stereocenters. The summed E-state index contributed by atoms with van der Waals surface area (Å²) in [4.78, 5) is 24.5. The van der Waals surface area contributed by atoms with Gasteiger partial charge in [-0.25, -0.2) is 4.79 Å². The van der Waals surface area contributed by atoms with Crippen LogP contribution in [-0.2, 0) is 9.53 Å². The van der Waals surface area contributed by atoms with E-state index < -0.39 is 0 Å². The number of esters is 1. The van der Waals surface area contributed by atoms with E-state index in [0.717, 1.165) is 25.8 Å². The topological polar surface area (TPSA) is 67.4 Å². The molecule has 116 valence electrons. The number of hydrogen-bond donors (Lipinski definition) is 2. The van der Waals surface area contributed by atoms with Gasteiger partial charge >= 0.3 is 5.97 Å². The lowest BCUT2D eigenvalue weighted by molar-refractivity contribution is -0.125. The van der Waals surface area contributed by atoms with Gasteiger partial charge in [-0.15, -0.1) is 11.3 Å². The summed E-state index contributed by atoms with van der Waals surface area (Å²) in [5.74, 6) is -0.384. The van der Waals surface area contributed by atoms with Crippen molar-refractivity contribution in [3.63, 3.8) is 0 Å². The fourth-order valence-corrected chi connectivity index (χ4v) is 3.52. The molecule has 2 rings (SSSR count). The van der Waals surface area contributed by atoms with E-state index in [-0.39, 0.29) is 17.3 Å². The molecule has 2 heterocycles. The average Bonchev–Trinajstić information content (AvgIpc) is 3.09. The Bertz CT molecular complexity index is 507. The van der Waals surface area contributed by atoms with Crippen LogP contribution in [0.4, 0.5) is 5.00 Å². The maximum atomic E-state index is 12.7. The van der Waals surface area contributed by atoms with Crippen LogP contribution >= 0.6 is 11.3 Å². The molecule has 1 fully saturated rings. The third kappa shape index (κ3) is 3.44. The van der Waals surface area contributed by atoms with Crippen molar-refractivity contribution in [3.05, 3.63) is 17.0 Å². The molecule has 0 saturated carbocycles. The number of anilines is 1. The Hall–Kier alpha value is -1.40. The van der Waals surface area contributed by atoms with Crippen molar-refractivity contribution in [2.75, 3.05) is 25.0 Å². The van der Waals surface area contributed by atoms with Crippen LogP contribution in [0.1, 0.15) is 43.5 Å². The number of hydrogen-bond acceptors (Lipinski definition) is 5. The molecule has 1 saturated heterocycles. The number of ether oxygens (including phenoxy) is 1. The molecule has 0 radical (unpaired) electrons. The molecule has 0 aromatic carbocycles. The molecule has 5 nitrogen and oxygen atoms in total. The minimum Gasteiger partial charge on any atom is -0.462 e. The van der Waals surface area contributed by atoms with Gasteiger partial charge in [0.15, 0.2) is 0 Å². The summed E-state index contributed by atoms with van der Waals surface area (Å²) >= 11 is 1.35. The minimum atomic E-state index is -0.386. The Morgan fingerprint density at radius 1 is 1.48 bits per heavy atom. The normalized spacial score (nSPS) is 21.2. The van der Waals surface area contributed by atoms with E-state index in [4.69, 9.17) is 4.74 Å². The molecule has 1 aromatic heterocycles. The standard InChI is InChI=1S/C15H22N2O3S/c1-3-6-15(7-8-16-10-15)14(19)17-12-11(5-9-21-12)13(18)20-4-2/h5,9,16H,3-4,6-8,10H2,1-2H3,(H,17,19). The molecular weight excluding hydrogens is 288 g/mol. The van der Waals surface area contributed by atoms with Crippen LogP contribution in [0.3, 0.4) is 0 Å². The average molecular weight is 310 g/mol. The zero-order valence-corrected chi connectivity index (χ0v) is 13.3. The van der Waals surface area contributed by atoms with E-state index in [1.54, 1.807) is 18.4 Å². The second-order valence-electron chi connectivity index (χ2n) is 5.30. The van der Waals surface area contributed by atoms with Gasteiger partial charge in [-0.05, 0) is 37.8 Å². The number of carbonyl (C=O) groups excluding carboxylic acids is 2. The second-order valence-corrected chi connectivity index (χ2v) is 6.21. The zero-order valence-electron chi connectivity index (χ0n) is 12.5. The van der Waals surface area contributed by atoms with E-state index in [1.165, 1.54) is 11.3 Å². The lowest BCUT2D eigenvalue weighted by atomic mass is 9.81. The summed E-state index contributed by atoms with van der Waals surface area (Å²) in [5.41, 5.74) is 0.0813. The first-order valence-electron chi connectivity index (χ1n) is 7.39. The quantitative estimate of drug-likeness (QED) is 0.793. The maximum absolute atomic E-state index is 12.7. The number of thiophene rings is 1. The SMILES string of the molecule is CCCC1(C(=O)Nc2sccc2C(=O)OCC)CCNC1. The van der Waals surface area contributed by atoms with Crippen LogP contribution in [0.15, 0.2) is 11.4 Å². The van der Waals surface area contributed by atoms with Crippen molar-refractivity contribution in [2.24, 2.45) is 5.41 Å².